The third-order valence-electron chi connectivity index (χ3n) is 4.88. The first kappa shape index (κ1) is 18.6. The first-order valence-electron chi connectivity index (χ1n) is 9.04. The monoisotopic (exact) mass is 392 g/mol. The number of rotatable bonds is 4. The maximum atomic E-state index is 13.1. The average Bonchev–Trinajstić information content (AvgIpc) is 3.17. The fraction of sp³-hybridized carbons (Fsp3) is 0.350. The van der Waals surface area contributed by atoms with Crippen molar-refractivity contribution in [1.82, 2.24) is 4.90 Å². The van der Waals surface area contributed by atoms with E-state index >= 15 is 0 Å². The van der Waals surface area contributed by atoms with Crippen LogP contribution in [0, 0.1) is 0 Å². The molecule has 1 N–H and O–H groups in total. The van der Waals surface area contributed by atoms with Gasteiger partial charge in [-0.25, -0.2) is 0 Å². The Bertz CT molecular complexity index is 849. The van der Waals surface area contributed by atoms with Crippen LogP contribution in [0.3, 0.4) is 0 Å². The maximum absolute atomic E-state index is 13.1. The predicted octanol–water partition coefficient (Wildman–Crippen LogP) is 4.33. The summed E-state index contributed by atoms with van der Waals surface area (Å²) in [6, 6.07) is 12.7. The van der Waals surface area contributed by atoms with Crippen LogP contribution in [0.5, 0.6) is 5.75 Å². The number of benzene rings is 2. The van der Waals surface area contributed by atoms with Gasteiger partial charge in [0, 0.05) is 18.8 Å². The number of carbonyl (C=O) groups excluding carboxylic acids is 1. The van der Waals surface area contributed by atoms with E-state index < -0.39 is 12.5 Å². The van der Waals surface area contributed by atoms with Crippen molar-refractivity contribution in [2.24, 2.45) is 0 Å². The lowest BCUT2D eigenvalue weighted by atomic mass is 10.0. The number of amides is 1. The van der Waals surface area contributed by atoms with Crippen LogP contribution in [0.2, 0.25) is 0 Å². The molecule has 28 heavy (non-hydrogen) atoms. The summed E-state index contributed by atoms with van der Waals surface area (Å²) < 4.78 is 46.8. The van der Waals surface area contributed by atoms with Gasteiger partial charge in [-0.3, -0.25) is 4.79 Å². The van der Waals surface area contributed by atoms with Crippen LogP contribution in [-0.4, -0.2) is 36.4 Å². The van der Waals surface area contributed by atoms with E-state index in [4.69, 9.17) is 4.74 Å². The van der Waals surface area contributed by atoms with Crippen molar-refractivity contribution < 1.29 is 27.4 Å². The van der Waals surface area contributed by atoms with Gasteiger partial charge in [-0.1, -0.05) is 24.3 Å². The Balaban J connectivity index is 1.63. The molecule has 1 amide bonds. The molecule has 0 saturated carbocycles. The second kappa shape index (κ2) is 7.35. The number of halogens is 3. The highest BCUT2D eigenvalue weighted by atomic mass is 19.4. The molecule has 2 aliphatic heterocycles. The van der Waals surface area contributed by atoms with Crippen molar-refractivity contribution >= 4 is 11.6 Å². The number of nitrogens with one attached hydrogen (secondary N) is 1. The minimum Gasteiger partial charge on any atom is -0.406 e. The minimum absolute atomic E-state index is 0.0497. The zero-order valence-corrected chi connectivity index (χ0v) is 14.9. The molecule has 0 aliphatic carbocycles. The number of ether oxygens (including phenoxy) is 2. The first-order chi connectivity index (χ1) is 13.4. The highest BCUT2D eigenvalue weighted by molar-refractivity contribution is 6.01. The molecule has 5 nitrogen and oxygen atoms in total. The van der Waals surface area contributed by atoms with Gasteiger partial charge in [0.15, 0.2) is 0 Å². The van der Waals surface area contributed by atoms with Crippen molar-refractivity contribution in [3.8, 4) is 5.75 Å². The van der Waals surface area contributed by atoms with E-state index in [0.29, 0.717) is 30.0 Å². The molecule has 2 aromatic rings. The Morgan fingerprint density at radius 2 is 1.89 bits per heavy atom. The molecule has 0 spiro atoms. The minimum atomic E-state index is -4.74. The molecule has 0 bridgehead atoms. The number of carbonyl (C=O) groups is 1. The molecular weight excluding hydrogens is 373 g/mol. The van der Waals surface area contributed by atoms with Gasteiger partial charge >= 0.3 is 6.36 Å². The van der Waals surface area contributed by atoms with Gasteiger partial charge in [0.25, 0.3) is 5.91 Å². The van der Waals surface area contributed by atoms with Gasteiger partial charge in [0.1, 0.15) is 11.9 Å². The number of anilines is 1. The van der Waals surface area contributed by atoms with Gasteiger partial charge in [-0.2, -0.15) is 0 Å². The van der Waals surface area contributed by atoms with E-state index in [1.807, 2.05) is 12.1 Å². The van der Waals surface area contributed by atoms with Crippen LogP contribution in [0.15, 0.2) is 48.5 Å². The molecule has 2 aliphatic rings. The quantitative estimate of drug-likeness (QED) is 0.842. The van der Waals surface area contributed by atoms with Gasteiger partial charge in [0.2, 0.25) is 0 Å². The summed E-state index contributed by atoms with van der Waals surface area (Å²) in [4.78, 5) is 14.8. The third-order valence-corrected chi connectivity index (χ3v) is 4.88. The molecule has 2 aromatic carbocycles. The summed E-state index contributed by atoms with van der Waals surface area (Å²) in [5.74, 6) is -0.435. The molecule has 2 atom stereocenters. The van der Waals surface area contributed by atoms with E-state index in [9.17, 15) is 18.0 Å². The lowest BCUT2D eigenvalue weighted by Crippen LogP contribution is -2.46. The van der Waals surface area contributed by atoms with Crippen LogP contribution in [-0.2, 0) is 4.74 Å². The lowest BCUT2D eigenvalue weighted by molar-refractivity contribution is -0.274. The molecular formula is C20H19F3N2O3. The lowest BCUT2D eigenvalue weighted by Gasteiger charge is -2.39. The Kier molecular flexibility index (Phi) is 4.89. The summed E-state index contributed by atoms with van der Waals surface area (Å²) in [5.41, 5.74) is 1.92. The fourth-order valence-corrected chi connectivity index (χ4v) is 3.60. The van der Waals surface area contributed by atoms with Crippen LogP contribution >= 0.6 is 0 Å². The van der Waals surface area contributed by atoms with Crippen molar-refractivity contribution in [2.75, 3.05) is 18.5 Å². The number of nitrogens with zero attached hydrogens (tertiary/aromatic N) is 1. The zero-order valence-electron chi connectivity index (χ0n) is 14.9. The van der Waals surface area contributed by atoms with Gasteiger partial charge in [0.05, 0.1) is 11.7 Å². The van der Waals surface area contributed by atoms with Gasteiger partial charge < -0.3 is 19.7 Å². The summed E-state index contributed by atoms with van der Waals surface area (Å²) in [6.45, 7) is 1.08. The summed E-state index contributed by atoms with van der Waals surface area (Å²) in [6.07, 6.45) is -3.48. The average molecular weight is 392 g/mol. The third kappa shape index (κ3) is 3.91. The van der Waals surface area contributed by atoms with Gasteiger partial charge in [-0.15, -0.1) is 13.2 Å². The number of para-hydroxylation sites is 1. The van der Waals surface area contributed by atoms with Gasteiger partial charge in [-0.05, 0) is 42.7 Å². The zero-order chi connectivity index (χ0) is 19.7. The fourth-order valence-electron chi connectivity index (χ4n) is 3.60. The Morgan fingerprint density at radius 3 is 2.57 bits per heavy atom. The van der Waals surface area contributed by atoms with E-state index in [1.54, 1.807) is 17.0 Å². The molecule has 1 fully saturated rings. The van der Waals surface area contributed by atoms with Crippen LogP contribution in [0.1, 0.15) is 34.9 Å². The molecule has 2 unspecified atom stereocenters. The predicted molar refractivity (Wildman–Crippen MR) is 95.9 cm³/mol. The highest BCUT2D eigenvalue weighted by Crippen LogP contribution is 2.35. The first-order valence-corrected chi connectivity index (χ1v) is 9.04. The van der Waals surface area contributed by atoms with Crippen molar-refractivity contribution in [3.05, 3.63) is 59.7 Å². The van der Waals surface area contributed by atoms with E-state index in [0.717, 1.165) is 12.8 Å². The summed E-state index contributed by atoms with van der Waals surface area (Å²) in [7, 11) is 0. The van der Waals surface area contributed by atoms with Crippen molar-refractivity contribution in [2.45, 2.75) is 31.5 Å². The Morgan fingerprint density at radius 1 is 1.14 bits per heavy atom. The Hall–Kier alpha value is -2.74. The number of hydrogen-bond acceptors (Lipinski definition) is 4. The summed E-state index contributed by atoms with van der Waals surface area (Å²) in [5, 5.41) is 3.32. The topological polar surface area (TPSA) is 50.8 Å². The van der Waals surface area contributed by atoms with E-state index in [-0.39, 0.29) is 17.8 Å². The molecule has 8 heteroatoms. The van der Waals surface area contributed by atoms with E-state index in [2.05, 4.69) is 10.1 Å². The molecule has 148 valence electrons. The maximum Gasteiger partial charge on any atom is 0.573 e. The normalized spacial score (nSPS) is 22.0. The second-order valence-electron chi connectivity index (χ2n) is 6.80. The molecule has 1 saturated heterocycles. The standard InChI is InChI=1S/C20H19F3N2O3/c21-20(22,23)28-14-9-7-13(8-10-14)18-24-17-6-2-1-5-16(17)19(26)25(18)12-15-4-3-11-27-15/h1-2,5-10,15,18,24H,3-4,11-12H2. The number of hydrogen-bond donors (Lipinski definition) is 1. The van der Waals surface area contributed by atoms with Crippen LogP contribution in [0.4, 0.5) is 18.9 Å². The smallest absolute Gasteiger partial charge is 0.406 e. The number of alkyl halides is 3. The highest BCUT2D eigenvalue weighted by Gasteiger charge is 2.35. The van der Waals surface area contributed by atoms with Crippen LogP contribution < -0.4 is 10.1 Å². The molecule has 0 radical (unpaired) electrons. The van der Waals surface area contributed by atoms with Crippen LogP contribution in [0.25, 0.3) is 0 Å². The van der Waals surface area contributed by atoms with Crippen molar-refractivity contribution in [1.29, 1.82) is 0 Å². The molecule has 4 rings (SSSR count). The largest absolute Gasteiger partial charge is 0.573 e. The summed E-state index contributed by atoms with van der Waals surface area (Å²) >= 11 is 0. The second-order valence-corrected chi connectivity index (χ2v) is 6.80. The number of fused-ring (bicyclic) bond motifs is 1. The van der Waals surface area contributed by atoms with Crippen molar-refractivity contribution in [3.63, 3.8) is 0 Å². The Labute approximate surface area is 160 Å². The SMILES string of the molecule is O=C1c2ccccc2NC(c2ccc(OC(F)(F)F)cc2)N1CC1CCCO1. The van der Waals surface area contributed by atoms with E-state index in [1.165, 1.54) is 24.3 Å². The molecule has 2 heterocycles. The molecule has 0 aromatic heterocycles.